The van der Waals surface area contributed by atoms with Crippen molar-refractivity contribution in [2.75, 3.05) is 31.7 Å². The molecule has 1 amide bonds. The Bertz CT molecular complexity index is 709. The van der Waals surface area contributed by atoms with Crippen molar-refractivity contribution < 1.29 is 44.2 Å². The van der Waals surface area contributed by atoms with Crippen LogP contribution in [0.1, 0.15) is 58.8 Å². The lowest BCUT2D eigenvalue weighted by atomic mass is 9.99. The van der Waals surface area contributed by atoms with Gasteiger partial charge in [-0.15, -0.1) is 0 Å². The third-order valence-electron chi connectivity index (χ3n) is 6.08. The van der Waals surface area contributed by atoms with Crippen molar-refractivity contribution in [1.82, 2.24) is 0 Å². The number of rotatable bonds is 5. The van der Waals surface area contributed by atoms with Crippen molar-refractivity contribution in [2.45, 2.75) is 95.6 Å². The van der Waals surface area contributed by atoms with E-state index in [1.807, 2.05) is 0 Å². The Morgan fingerprint density at radius 1 is 0.972 bits per heavy atom. The van der Waals surface area contributed by atoms with E-state index in [1.54, 1.807) is 24.3 Å². The lowest BCUT2D eigenvalue weighted by Crippen LogP contribution is -2.60. The molecule has 5 N–H and O–H groups in total. The maximum atomic E-state index is 10.9. The molecule has 0 spiro atoms. The molecule has 0 saturated carbocycles. The fourth-order valence-electron chi connectivity index (χ4n) is 3.94. The van der Waals surface area contributed by atoms with Gasteiger partial charge < -0.3 is 44.7 Å². The lowest BCUT2D eigenvalue weighted by molar-refractivity contribution is -0.277. The monoisotopic (exact) mass is 513 g/mol. The summed E-state index contributed by atoms with van der Waals surface area (Å²) in [6.07, 6.45) is 3.00. The van der Waals surface area contributed by atoms with Crippen LogP contribution in [0.25, 0.3) is 0 Å². The molecule has 0 aliphatic carbocycles. The molecular formula is C26H43NO9. The minimum atomic E-state index is -1.49. The third kappa shape index (κ3) is 10.7. The van der Waals surface area contributed by atoms with Crippen LogP contribution in [-0.4, -0.2) is 89.6 Å². The van der Waals surface area contributed by atoms with Gasteiger partial charge >= 0.3 is 0 Å². The number of amides is 1. The average Bonchev–Trinajstić information content (AvgIpc) is 2.92. The molecule has 0 radical (unpaired) electrons. The Hall–Kier alpha value is -1.79. The molecule has 1 aromatic rings. The van der Waals surface area contributed by atoms with Crippen LogP contribution in [0.3, 0.4) is 0 Å². The van der Waals surface area contributed by atoms with E-state index in [-0.39, 0.29) is 5.91 Å². The van der Waals surface area contributed by atoms with Gasteiger partial charge in [0.1, 0.15) is 30.2 Å². The molecule has 3 saturated heterocycles. The van der Waals surface area contributed by atoms with Crippen LogP contribution < -0.4 is 10.1 Å². The predicted molar refractivity (Wildman–Crippen MR) is 134 cm³/mol. The molecule has 3 aliphatic heterocycles. The molecule has 10 heteroatoms. The molecule has 1 aromatic carbocycles. The number of carbonyl (C=O) groups is 1. The van der Waals surface area contributed by atoms with Gasteiger partial charge in [-0.3, -0.25) is 4.79 Å². The molecule has 36 heavy (non-hydrogen) atoms. The molecule has 3 fully saturated rings. The summed E-state index contributed by atoms with van der Waals surface area (Å²) in [5.74, 6) is 0.126. The van der Waals surface area contributed by atoms with Crippen molar-refractivity contribution >= 4 is 11.6 Å². The Kier molecular flexibility index (Phi) is 14.3. The van der Waals surface area contributed by atoms with Crippen LogP contribution in [0.15, 0.2) is 24.3 Å². The Morgan fingerprint density at radius 3 is 2.08 bits per heavy atom. The SMILES string of the molecule is C1CCOCC1.CC(=O)Nc1ccc(O[C@H]2O[C@H](CO)[C@@H](O)C(O)C2O)cc1.CCC1CCCCO1. The lowest BCUT2D eigenvalue weighted by Gasteiger charge is -2.39. The number of hydrogen-bond donors (Lipinski definition) is 5. The number of benzene rings is 1. The zero-order chi connectivity index (χ0) is 26.3. The molecule has 6 atom stereocenters. The molecule has 4 rings (SSSR count). The summed E-state index contributed by atoms with van der Waals surface area (Å²) in [5.41, 5.74) is 0.577. The van der Waals surface area contributed by atoms with Gasteiger partial charge in [-0.1, -0.05) is 6.92 Å². The Balaban J connectivity index is 0.000000263. The van der Waals surface area contributed by atoms with E-state index in [4.69, 9.17) is 24.1 Å². The number of nitrogens with one attached hydrogen (secondary N) is 1. The van der Waals surface area contributed by atoms with Crippen molar-refractivity contribution in [3.05, 3.63) is 24.3 Å². The van der Waals surface area contributed by atoms with Gasteiger partial charge in [-0.25, -0.2) is 0 Å². The second kappa shape index (κ2) is 16.9. The average molecular weight is 514 g/mol. The fourth-order valence-corrected chi connectivity index (χ4v) is 3.94. The Labute approximate surface area is 213 Å². The zero-order valence-electron chi connectivity index (χ0n) is 21.4. The number of carbonyl (C=O) groups excluding carboxylic acids is 1. The number of hydrogen-bond acceptors (Lipinski definition) is 9. The summed E-state index contributed by atoms with van der Waals surface area (Å²) in [6.45, 7) is 6.05. The summed E-state index contributed by atoms with van der Waals surface area (Å²) in [6, 6.07) is 6.29. The van der Waals surface area contributed by atoms with Crippen molar-refractivity contribution in [3.63, 3.8) is 0 Å². The first kappa shape index (κ1) is 30.4. The van der Waals surface area contributed by atoms with Gasteiger partial charge in [0.15, 0.2) is 0 Å². The molecule has 3 aliphatic rings. The first-order valence-electron chi connectivity index (χ1n) is 12.9. The summed E-state index contributed by atoms with van der Waals surface area (Å²) in [5, 5.41) is 40.9. The molecule has 0 bridgehead atoms. The van der Waals surface area contributed by atoms with E-state index in [2.05, 4.69) is 12.2 Å². The van der Waals surface area contributed by atoms with E-state index < -0.39 is 37.3 Å². The highest BCUT2D eigenvalue weighted by Gasteiger charge is 2.44. The van der Waals surface area contributed by atoms with Gasteiger partial charge in [0, 0.05) is 32.4 Å². The normalized spacial score (nSPS) is 30.1. The molecular weight excluding hydrogens is 470 g/mol. The van der Waals surface area contributed by atoms with E-state index in [1.165, 1.54) is 51.9 Å². The first-order chi connectivity index (χ1) is 17.3. The van der Waals surface area contributed by atoms with Crippen LogP contribution in [0.2, 0.25) is 0 Å². The molecule has 3 heterocycles. The van der Waals surface area contributed by atoms with E-state index in [0.717, 1.165) is 19.8 Å². The van der Waals surface area contributed by atoms with Gasteiger partial charge in [0.25, 0.3) is 0 Å². The number of aliphatic hydroxyl groups is 4. The minimum Gasteiger partial charge on any atom is -0.462 e. The number of ether oxygens (including phenoxy) is 4. The topological polar surface area (TPSA) is 147 Å². The highest BCUT2D eigenvalue weighted by Crippen LogP contribution is 2.25. The smallest absolute Gasteiger partial charge is 0.229 e. The molecule has 10 nitrogen and oxygen atoms in total. The second-order valence-electron chi connectivity index (χ2n) is 9.09. The fraction of sp³-hybridized carbons (Fsp3) is 0.731. The maximum Gasteiger partial charge on any atom is 0.229 e. The Morgan fingerprint density at radius 2 is 1.64 bits per heavy atom. The quantitative estimate of drug-likeness (QED) is 0.399. The third-order valence-corrected chi connectivity index (χ3v) is 6.08. The van der Waals surface area contributed by atoms with E-state index >= 15 is 0 Å². The van der Waals surface area contributed by atoms with Gasteiger partial charge in [0.05, 0.1) is 12.7 Å². The van der Waals surface area contributed by atoms with Gasteiger partial charge in [-0.05, 0) is 69.2 Å². The van der Waals surface area contributed by atoms with Crippen molar-refractivity contribution in [2.24, 2.45) is 0 Å². The summed E-state index contributed by atoms with van der Waals surface area (Å²) < 4.78 is 21.1. The number of anilines is 1. The maximum absolute atomic E-state index is 10.9. The van der Waals surface area contributed by atoms with Gasteiger partial charge in [-0.2, -0.15) is 0 Å². The van der Waals surface area contributed by atoms with Gasteiger partial charge in [0.2, 0.25) is 12.2 Å². The largest absolute Gasteiger partial charge is 0.462 e. The van der Waals surface area contributed by atoms with Crippen molar-refractivity contribution in [3.8, 4) is 5.75 Å². The standard InChI is InChI=1S/C14H19NO7.C7H14O.C5H10O/c1-7(17)15-8-2-4-9(5-3-8)21-14-13(20)12(19)11(18)10(6-16)22-14;1-2-7-5-3-4-6-8-7;1-2-4-6-5-3-1/h2-5,10-14,16,18-20H,6H2,1H3,(H,15,17);7H,2-6H2,1H3;1-5H2/t10-,11-,12?,13?,14+;;/m1../s1. The van der Waals surface area contributed by atoms with E-state index in [0.29, 0.717) is 17.5 Å². The predicted octanol–water partition coefficient (Wildman–Crippen LogP) is 1.98. The highest BCUT2D eigenvalue weighted by molar-refractivity contribution is 5.88. The van der Waals surface area contributed by atoms with E-state index in [9.17, 15) is 20.1 Å². The minimum absolute atomic E-state index is 0.206. The summed E-state index contributed by atoms with van der Waals surface area (Å²) >= 11 is 0. The summed E-state index contributed by atoms with van der Waals surface area (Å²) in [7, 11) is 0. The van der Waals surface area contributed by atoms with Crippen LogP contribution >= 0.6 is 0 Å². The van der Waals surface area contributed by atoms with Crippen LogP contribution in [0.4, 0.5) is 5.69 Å². The molecule has 206 valence electrons. The van der Waals surface area contributed by atoms with Crippen LogP contribution in [-0.2, 0) is 19.0 Å². The first-order valence-corrected chi connectivity index (χ1v) is 12.9. The van der Waals surface area contributed by atoms with Crippen LogP contribution in [0.5, 0.6) is 5.75 Å². The van der Waals surface area contributed by atoms with Crippen LogP contribution in [0, 0.1) is 0 Å². The number of aliphatic hydroxyl groups excluding tert-OH is 4. The zero-order valence-corrected chi connectivity index (χ0v) is 21.4. The molecule has 0 aromatic heterocycles. The highest BCUT2D eigenvalue weighted by atomic mass is 16.7. The molecule has 3 unspecified atom stereocenters. The second-order valence-corrected chi connectivity index (χ2v) is 9.09. The summed E-state index contributed by atoms with van der Waals surface area (Å²) in [4.78, 5) is 10.9. The van der Waals surface area contributed by atoms with Crippen molar-refractivity contribution in [1.29, 1.82) is 0 Å².